The normalized spacial score (nSPS) is 25.4. The van der Waals surface area contributed by atoms with Gasteiger partial charge in [0.1, 0.15) is 5.75 Å². The number of hydrogen-bond acceptors (Lipinski definition) is 2. The van der Waals surface area contributed by atoms with Gasteiger partial charge in [-0.3, -0.25) is 0 Å². The number of nitrogens with one attached hydrogen (secondary N) is 1. The third-order valence-electron chi connectivity index (χ3n) is 4.65. The van der Waals surface area contributed by atoms with Gasteiger partial charge in [0.15, 0.2) is 0 Å². The zero-order valence-electron chi connectivity index (χ0n) is 13.4. The molecule has 1 aromatic carbocycles. The summed E-state index contributed by atoms with van der Waals surface area (Å²) in [6.07, 6.45) is 5.06. The van der Waals surface area contributed by atoms with Crippen LogP contribution in [-0.4, -0.2) is 19.7 Å². The second-order valence-electron chi connectivity index (χ2n) is 7.05. The molecule has 0 amide bonds. The molecule has 2 heteroatoms. The van der Waals surface area contributed by atoms with Crippen LogP contribution in [0.25, 0.3) is 0 Å². The van der Waals surface area contributed by atoms with Crippen LogP contribution in [0.2, 0.25) is 0 Å². The summed E-state index contributed by atoms with van der Waals surface area (Å²) in [6.45, 7) is 8.25. The van der Waals surface area contributed by atoms with Crippen LogP contribution in [0.3, 0.4) is 0 Å². The highest BCUT2D eigenvalue weighted by molar-refractivity contribution is 5.28. The van der Waals surface area contributed by atoms with Crippen molar-refractivity contribution in [2.75, 3.05) is 13.7 Å². The lowest BCUT2D eigenvalue weighted by molar-refractivity contribution is 0.149. The number of rotatable bonds is 5. The van der Waals surface area contributed by atoms with E-state index in [2.05, 4.69) is 44.3 Å². The van der Waals surface area contributed by atoms with Crippen molar-refractivity contribution in [3.05, 3.63) is 29.8 Å². The smallest absolute Gasteiger partial charge is 0.119 e. The van der Waals surface area contributed by atoms with Gasteiger partial charge in [0, 0.05) is 6.04 Å². The fraction of sp³-hybridized carbons (Fsp3) is 0.667. The molecule has 1 fully saturated rings. The van der Waals surface area contributed by atoms with Crippen molar-refractivity contribution >= 4 is 0 Å². The Kier molecular flexibility index (Phi) is 5.09. The van der Waals surface area contributed by atoms with Crippen molar-refractivity contribution < 1.29 is 4.74 Å². The molecule has 0 aliphatic heterocycles. The molecule has 112 valence electrons. The van der Waals surface area contributed by atoms with Gasteiger partial charge in [0.2, 0.25) is 0 Å². The first kappa shape index (κ1) is 15.4. The molecule has 0 saturated heterocycles. The van der Waals surface area contributed by atoms with E-state index in [0.29, 0.717) is 11.5 Å². The standard InChI is InChI=1S/C18H29NO/c1-14-13-18(2,3)10-8-17(14)19-11-9-15-6-5-7-16(12-15)20-4/h5-7,12,14,17,19H,8-11,13H2,1-4H3. The van der Waals surface area contributed by atoms with Gasteiger partial charge in [-0.05, 0) is 61.3 Å². The summed E-state index contributed by atoms with van der Waals surface area (Å²) in [4.78, 5) is 0. The van der Waals surface area contributed by atoms with Gasteiger partial charge < -0.3 is 10.1 Å². The van der Waals surface area contributed by atoms with Crippen LogP contribution in [0.1, 0.15) is 45.6 Å². The van der Waals surface area contributed by atoms with E-state index in [-0.39, 0.29) is 0 Å². The van der Waals surface area contributed by atoms with Crippen molar-refractivity contribution in [3.8, 4) is 5.75 Å². The Labute approximate surface area is 123 Å². The minimum Gasteiger partial charge on any atom is -0.497 e. The molecule has 20 heavy (non-hydrogen) atoms. The van der Waals surface area contributed by atoms with Gasteiger partial charge in [-0.15, -0.1) is 0 Å². The molecule has 1 aromatic rings. The Bertz CT molecular complexity index is 427. The van der Waals surface area contributed by atoms with Crippen LogP contribution in [0, 0.1) is 11.3 Å². The van der Waals surface area contributed by atoms with Gasteiger partial charge >= 0.3 is 0 Å². The summed E-state index contributed by atoms with van der Waals surface area (Å²) in [5, 5.41) is 3.75. The first-order chi connectivity index (χ1) is 9.50. The maximum absolute atomic E-state index is 5.27. The Morgan fingerprint density at radius 3 is 2.85 bits per heavy atom. The minimum absolute atomic E-state index is 0.532. The van der Waals surface area contributed by atoms with Gasteiger partial charge in [-0.1, -0.05) is 32.9 Å². The van der Waals surface area contributed by atoms with Crippen LogP contribution >= 0.6 is 0 Å². The maximum atomic E-state index is 5.27. The van der Waals surface area contributed by atoms with Gasteiger partial charge in [0.05, 0.1) is 7.11 Å². The molecular weight excluding hydrogens is 246 g/mol. The molecule has 1 aliphatic carbocycles. The number of methoxy groups -OCH3 is 1. The molecule has 0 bridgehead atoms. The average Bonchev–Trinajstić information content (AvgIpc) is 2.41. The van der Waals surface area contributed by atoms with Crippen molar-refractivity contribution in [2.24, 2.45) is 11.3 Å². The van der Waals surface area contributed by atoms with E-state index >= 15 is 0 Å². The molecular formula is C18H29NO. The van der Waals surface area contributed by atoms with Crippen LogP contribution in [0.15, 0.2) is 24.3 Å². The molecule has 2 rings (SSSR count). The molecule has 0 radical (unpaired) electrons. The second kappa shape index (κ2) is 6.62. The third kappa shape index (κ3) is 4.24. The van der Waals surface area contributed by atoms with Crippen molar-refractivity contribution in [1.82, 2.24) is 5.32 Å². The summed E-state index contributed by atoms with van der Waals surface area (Å²) < 4.78 is 5.27. The zero-order chi connectivity index (χ0) is 14.6. The molecule has 1 N–H and O–H groups in total. The predicted octanol–water partition coefficient (Wildman–Crippen LogP) is 4.04. The van der Waals surface area contributed by atoms with Gasteiger partial charge in [-0.25, -0.2) is 0 Å². The van der Waals surface area contributed by atoms with Crippen LogP contribution in [0.5, 0.6) is 5.75 Å². The van der Waals surface area contributed by atoms with Gasteiger partial charge in [0.25, 0.3) is 0 Å². The van der Waals surface area contributed by atoms with E-state index in [1.165, 1.54) is 24.8 Å². The van der Waals surface area contributed by atoms with Crippen molar-refractivity contribution in [2.45, 2.75) is 52.5 Å². The highest BCUT2D eigenvalue weighted by Gasteiger charge is 2.31. The minimum atomic E-state index is 0.532. The fourth-order valence-corrected chi connectivity index (χ4v) is 3.48. The van der Waals surface area contributed by atoms with E-state index in [9.17, 15) is 0 Å². The van der Waals surface area contributed by atoms with Crippen molar-refractivity contribution in [1.29, 1.82) is 0 Å². The third-order valence-corrected chi connectivity index (χ3v) is 4.65. The SMILES string of the molecule is COc1cccc(CCNC2CCC(C)(C)CC2C)c1. The summed E-state index contributed by atoms with van der Waals surface area (Å²) >= 11 is 0. The van der Waals surface area contributed by atoms with Gasteiger partial charge in [-0.2, -0.15) is 0 Å². The van der Waals surface area contributed by atoms with E-state index in [1.807, 2.05) is 6.07 Å². The lowest BCUT2D eigenvalue weighted by Gasteiger charge is -2.39. The van der Waals surface area contributed by atoms with Crippen LogP contribution < -0.4 is 10.1 Å². The molecule has 2 nitrogen and oxygen atoms in total. The lowest BCUT2D eigenvalue weighted by Crippen LogP contribution is -2.42. The summed E-state index contributed by atoms with van der Waals surface area (Å²) in [5.74, 6) is 1.74. The number of benzene rings is 1. The molecule has 0 heterocycles. The number of hydrogen-bond donors (Lipinski definition) is 1. The molecule has 1 saturated carbocycles. The maximum Gasteiger partial charge on any atom is 0.119 e. The van der Waals surface area contributed by atoms with E-state index in [0.717, 1.165) is 24.6 Å². The number of ether oxygens (including phenoxy) is 1. The zero-order valence-corrected chi connectivity index (χ0v) is 13.4. The molecule has 0 spiro atoms. The topological polar surface area (TPSA) is 21.3 Å². The molecule has 1 aliphatic rings. The monoisotopic (exact) mass is 275 g/mol. The highest BCUT2D eigenvalue weighted by atomic mass is 16.5. The molecule has 0 aromatic heterocycles. The largest absolute Gasteiger partial charge is 0.497 e. The summed E-state index contributed by atoms with van der Waals surface area (Å²) in [5.41, 5.74) is 1.88. The highest BCUT2D eigenvalue weighted by Crippen LogP contribution is 2.38. The quantitative estimate of drug-likeness (QED) is 0.875. The van der Waals surface area contributed by atoms with Crippen LogP contribution in [0.4, 0.5) is 0 Å². The van der Waals surface area contributed by atoms with Crippen LogP contribution in [-0.2, 0) is 6.42 Å². The summed E-state index contributed by atoms with van der Waals surface area (Å²) in [6, 6.07) is 9.07. The Hall–Kier alpha value is -1.02. The molecule has 2 unspecified atom stereocenters. The fourth-order valence-electron chi connectivity index (χ4n) is 3.48. The summed E-state index contributed by atoms with van der Waals surface area (Å²) in [7, 11) is 1.73. The Balaban J connectivity index is 1.78. The first-order valence-corrected chi connectivity index (χ1v) is 7.86. The average molecular weight is 275 g/mol. The molecule has 2 atom stereocenters. The van der Waals surface area contributed by atoms with E-state index < -0.39 is 0 Å². The predicted molar refractivity (Wildman–Crippen MR) is 85.3 cm³/mol. The van der Waals surface area contributed by atoms with Crippen molar-refractivity contribution in [3.63, 3.8) is 0 Å². The second-order valence-corrected chi connectivity index (χ2v) is 7.05. The Morgan fingerprint density at radius 2 is 2.15 bits per heavy atom. The first-order valence-electron chi connectivity index (χ1n) is 7.86. The lowest BCUT2D eigenvalue weighted by atomic mass is 9.70. The van der Waals surface area contributed by atoms with E-state index in [4.69, 9.17) is 4.74 Å². The Morgan fingerprint density at radius 1 is 1.35 bits per heavy atom. The van der Waals surface area contributed by atoms with E-state index in [1.54, 1.807) is 7.11 Å².